The van der Waals surface area contributed by atoms with E-state index >= 15 is 0 Å². The monoisotopic (exact) mass is 416 g/mol. The molecule has 1 amide bonds. The fourth-order valence-electron chi connectivity index (χ4n) is 2.04. The summed E-state index contributed by atoms with van der Waals surface area (Å²) in [4.78, 5) is 12.2. The van der Waals surface area contributed by atoms with Crippen LogP contribution in [0.4, 0.5) is 5.69 Å². The van der Waals surface area contributed by atoms with E-state index in [0.717, 1.165) is 8.66 Å². The van der Waals surface area contributed by atoms with Crippen LogP contribution in [-0.2, 0) is 21.4 Å². The number of sulfonamides is 1. The van der Waals surface area contributed by atoms with Gasteiger partial charge in [-0.2, -0.15) is 4.31 Å². The van der Waals surface area contributed by atoms with Crippen LogP contribution in [0.25, 0.3) is 0 Å². The number of nitrogens with zero attached hydrogens (tertiary/aromatic N) is 1. The van der Waals surface area contributed by atoms with Gasteiger partial charge in [-0.05, 0) is 52.3 Å². The van der Waals surface area contributed by atoms with Gasteiger partial charge in [0.05, 0.1) is 8.68 Å². The Bertz CT molecular complexity index is 785. The lowest BCUT2D eigenvalue weighted by Crippen LogP contribution is -2.30. The SMILES string of the molecule is CCN(Cc1ccc(Br)s1)S(=O)(=O)c1ccc(NC(C)=O)cc1. The van der Waals surface area contributed by atoms with Gasteiger partial charge in [0.2, 0.25) is 15.9 Å². The van der Waals surface area contributed by atoms with Crippen molar-refractivity contribution in [3.8, 4) is 0 Å². The highest BCUT2D eigenvalue weighted by Gasteiger charge is 2.23. The van der Waals surface area contributed by atoms with Crippen LogP contribution in [0.5, 0.6) is 0 Å². The molecule has 0 atom stereocenters. The highest BCUT2D eigenvalue weighted by molar-refractivity contribution is 9.11. The maximum Gasteiger partial charge on any atom is 0.243 e. The molecule has 1 aromatic heterocycles. The van der Waals surface area contributed by atoms with Crippen LogP contribution >= 0.6 is 27.3 Å². The Labute approximate surface area is 148 Å². The molecule has 1 aromatic carbocycles. The first kappa shape index (κ1) is 18.1. The zero-order chi connectivity index (χ0) is 17.0. The molecule has 2 aromatic rings. The van der Waals surface area contributed by atoms with E-state index in [2.05, 4.69) is 21.2 Å². The molecule has 0 fully saturated rings. The van der Waals surface area contributed by atoms with Crippen molar-refractivity contribution in [2.24, 2.45) is 0 Å². The third-order valence-corrected chi connectivity index (χ3v) is 6.67. The third-order valence-electron chi connectivity index (χ3n) is 3.13. The Morgan fingerprint density at radius 2 is 1.87 bits per heavy atom. The number of carbonyl (C=O) groups excluding carboxylic acids is 1. The highest BCUT2D eigenvalue weighted by Crippen LogP contribution is 2.26. The molecule has 0 spiro atoms. The molecule has 0 radical (unpaired) electrons. The van der Waals surface area contributed by atoms with Gasteiger partial charge in [0.25, 0.3) is 0 Å². The lowest BCUT2D eigenvalue weighted by molar-refractivity contribution is -0.114. The summed E-state index contributed by atoms with van der Waals surface area (Å²) >= 11 is 4.90. The van der Waals surface area contributed by atoms with Crippen molar-refractivity contribution < 1.29 is 13.2 Å². The fraction of sp³-hybridized carbons (Fsp3) is 0.267. The smallest absolute Gasteiger partial charge is 0.243 e. The number of halogens is 1. The average Bonchev–Trinajstić information content (AvgIpc) is 2.90. The number of carbonyl (C=O) groups is 1. The standard InChI is InChI=1S/C15H17BrN2O3S2/c1-3-18(10-13-6-9-15(16)22-13)23(20,21)14-7-4-12(5-8-14)17-11(2)19/h4-9H,3,10H2,1-2H3,(H,17,19). The molecule has 2 rings (SSSR count). The highest BCUT2D eigenvalue weighted by atomic mass is 79.9. The molecule has 124 valence electrons. The number of anilines is 1. The largest absolute Gasteiger partial charge is 0.326 e. The Morgan fingerprint density at radius 3 is 2.35 bits per heavy atom. The van der Waals surface area contributed by atoms with Crippen molar-refractivity contribution in [1.82, 2.24) is 4.31 Å². The van der Waals surface area contributed by atoms with Gasteiger partial charge in [-0.25, -0.2) is 8.42 Å². The van der Waals surface area contributed by atoms with Gasteiger partial charge in [-0.3, -0.25) is 4.79 Å². The predicted octanol–water partition coefficient (Wildman–Crippen LogP) is 3.68. The summed E-state index contributed by atoms with van der Waals surface area (Å²) in [6, 6.07) is 10.0. The van der Waals surface area contributed by atoms with Crippen LogP contribution in [-0.4, -0.2) is 25.2 Å². The summed E-state index contributed by atoms with van der Waals surface area (Å²) in [5, 5.41) is 2.62. The normalized spacial score (nSPS) is 11.7. The molecule has 8 heteroatoms. The predicted molar refractivity (Wildman–Crippen MR) is 96.0 cm³/mol. The molecular weight excluding hydrogens is 400 g/mol. The molecule has 0 aliphatic heterocycles. The Hall–Kier alpha value is -1.22. The van der Waals surface area contributed by atoms with Gasteiger partial charge in [0.1, 0.15) is 0 Å². The second kappa shape index (κ2) is 7.57. The summed E-state index contributed by atoms with van der Waals surface area (Å²) in [6.45, 7) is 3.93. The number of benzene rings is 1. The summed E-state index contributed by atoms with van der Waals surface area (Å²) in [5.41, 5.74) is 0.571. The van der Waals surface area contributed by atoms with Gasteiger partial charge in [0, 0.05) is 30.6 Å². The topological polar surface area (TPSA) is 66.5 Å². The zero-order valence-electron chi connectivity index (χ0n) is 12.7. The second-order valence-corrected chi connectivity index (χ2v) is 9.33. The van der Waals surface area contributed by atoms with Crippen LogP contribution in [0, 0.1) is 0 Å². The molecular formula is C15H17BrN2O3S2. The Balaban J connectivity index is 2.22. The minimum Gasteiger partial charge on any atom is -0.326 e. The first-order chi connectivity index (χ1) is 10.8. The van der Waals surface area contributed by atoms with Crippen molar-refractivity contribution in [3.05, 3.63) is 45.1 Å². The van der Waals surface area contributed by atoms with Crippen LogP contribution < -0.4 is 5.32 Å². The molecule has 1 N–H and O–H groups in total. The first-order valence-electron chi connectivity index (χ1n) is 6.95. The van der Waals surface area contributed by atoms with Crippen LogP contribution in [0.1, 0.15) is 18.7 Å². The van der Waals surface area contributed by atoms with Gasteiger partial charge < -0.3 is 5.32 Å². The van der Waals surface area contributed by atoms with Crippen molar-refractivity contribution in [3.63, 3.8) is 0 Å². The zero-order valence-corrected chi connectivity index (χ0v) is 16.0. The van der Waals surface area contributed by atoms with Gasteiger partial charge in [0.15, 0.2) is 0 Å². The molecule has 0 saturated heterocycles. The molecule has 0 unspecified atom stereocenters. The van der Waals surface area contributed by atoms with Gasteiger partial charge >= 0.3 is 0 Å². The maximum absolute atomic E-state index is 12.7. The number of rotatable bonds is 6. The molecule has 0 bridgehead atoms. The van der Waals surface area contributed by atoms with Crippen molar-refractivity contribution >= 4 is 48.9 Å². The summed E-state index contributed by atoms with van der Waals surface area (Å²) in [5.74, 6) is -0.195. The van der Waals surface area contributed by atoms with Crippen molar-refractivity contribution in [2.75, 3.05) is 11.9 Å². The minimum atomic E-state index is -3.57. The van der Waals surface area contributed by atoms with Crippen molar-refractivity contribution in [2.45, 2.75) is 25.3 Å². The molecule has 0 saturated carbocycles. The van der Waals surface area contributed by atoms with Crippen LogP contribution in [0.15, 0.2) is 45.1 Å². The van der Waals surface area contributed by atoms with E-state index < -0.39 is 10.0 Å². The summed E-state index contributed by atoms with van der Waals surface area (Å²) < 4.78 is 27.9. The Kier molecular flexibility index (Phi) is 5.96. The quantitative estimate of drug-likeness (QED) is 0.780. The third kappa shape index (κ3) is 4.63. The van der Waals surface area contributed by atoms with E-state index in [0.29, 0.717) is 18.8 Å². The molecule has 1 heterocycles. The number of hydrogen-bond donors (Lipinski definition) is 1. The van der Waals surface area contributed by atoms with E-state index in [9.17, 15) is 13.2 Å². The van der Waals surface area contributed by atoms with Crippen molar-refractivity contribution in [1.29, 1.82) is 0 Å². The fourth-order valence-corrected chi connectivity index (χ4v) is 5.05. The molecule has 23 heavy (non-hydrogen) atoms. The van der Waals surface area contributed by atoms with Crippen LogP contribution in [0.2, 0.25) is 0 Å². The lowest BCUT2D eigenvalue weighted by atomic mass is 10.3. The number of nitrogens with one attached hydrogen (secondary N) is 1. The summed E-state index contributed by atoms with van der Waals surface area (Å²) in [6.07, 6.45) is 0. The molecule has 0 aliphatic carbocycles. The van der Waals surface area contributed by atoms with E-state index in [4.69, 9.17) is 0 Å². The summed E-state index contributed by atoms with van der Waals surface area (Å²) in [7, 11) is -3.57. The van der Waals surface area contributed by atoms with Gasteiger partial charge in [-0.15, -0.1) is 11.3 Å². The minimum absolute atomic E-state index is 0.195. The van der Waals surface area contributed by atoms with Gasteiger partial charge in [-0.1, -0.05) is 6.92 Å². The molecule has 5 nitrogen and oxygen atoms in total. The van der Waals surface area contributed by atoms with Crippen LogP contribution in [0.3, 0.4) is 0 Å². The maximum atomic E-state index is 12.7. The number of amides is 1. The second-order valence-electron chi connectivity index (χ2n) is 4.84. The number of thiophene rings is 1. The van der Waals surface area contributed by atoms with E-state index in [-0.39, 0.29) is 10.8 Å². The first-order valence-corrected chi connectivity index (χ1v) is 10.00. The lowest BCUT2D eigenvalue weighted by Gasteiger charge is -2.20. The van der Waals surface area contributed by atoms with E-state index in [1.807, 2.05) is 19.1 Å². The average molecular weight is 417 g/mol. The van der Waals surface area contributed by atoms with E-state index in [1.54, 1.807) is 12.1 Å². The van der Waals surface area contributed by atoms with E-state index in [1.165, 1.54) is 34.7 Å². The Morgan fingerprint density at radius 1 is 1.22 bits per heavy atom. The molecule has 0 aliphatic rings. The number of hydrogen-bond acceptors (Lipinski definition) is 4.